The van der Waals surface area contributed by atoms with Crippen LogP contribution in [0.1, 0.15) is 20.3 Å². The largest absolute Gasteiger partial charge is 0.518 e. The maximum absolute atomic E-state index is 12.5. The van der Waals surface area contributed by atoms with Crippen LogP contribution < -0.4 is 0 Å². The van der Waals surface area contributed by atoms with Crippen LogP contribution in [-0.2, 0) is 29.1 Å². The van der Waals surface area contributed by atoms with E-state index in [2.05, 4.69) is 9.47 Å². The average Bonchev–Trinajstić information content (AvgIpc) is 2.37. The number of ether oxygens (including phenoxy) is 2. The minimum absolute atomic E-state index is 0.172. The average molecular weight is 350 g/mol. The van der Waals surface area contributed by atoms with E-state index < -0.39 is 44.3 Å². The molecule has 0 bridgehead atoms. The molecule has 0 radical (unpaired) electrons. The highest BCUT2D eigenvalue weighted by Crippen LogP contribution is 2.29. The second kappa shape index (κ2) is 7.91. The fraction of sp³-hybridized carbons (Fsp3) is 0.778. The Morgan fingerprint density at radius 1 is 1.18 bits per heavy atom. The highest BCUT2D eigenvalue weighted by atomic mass is 32.2. The van der Waals surface area contributed by atoms with Crippen molar-refractivity contribution in [3.63, 3.8) is 0 Å². The molecule has 128 valence electrons. The zero-order valence-corrected chi connectivity index (χ0v) is 12.3. The van der Waals surface area contributed by atoms with Crippen molar-refractivity contribution in [1.82, 2.24) is 4.41 Å². The van der Waals surface area contributed by atoms with Gasteiger partial charge < -0.3 is 9.47 Å². The SMILES string of the molecule is CCOC(=O)C[C@H](C(=O)OCC)N(N=O)S(=O)(=O)C(F)(F)F. The topological polar surface area (TPSA) is 119 Å². The number of hydrogen-bond donors (Lipinski definition) is 0. The predicted molar refractivity (Wildman–Crippen MR) is 64.3 cm³/mol. The summed E-state index contributed by atoms with van der Waals surface area (Å²) in [5.41, 5.74) is -5.89. The molecule has 0 saturated carbocycles. The van der Waals surface area contributed by atoms with Crippen LogP contribution in [0.5, 0.6) is 0 Å². The molecule has 0 aromatic rings. The Labute approximate surface area is 123 Å². The molecular weight excluding hydrogens is 337 g/mol. The predicted octanol–water partition coefficient (Wildman–Crippen LogP) is 0.704. The van der Waals surface area contributed by atoms with E-state index in [0.29, 0.717) is 0 Å². The second-order valence-corrected chi connectivity index (χ2v) is 5.37. The summed E-state index contributed by atoms with van der Waals surface area (Å²) in [6.07, 6.45) is -1.16. The van der Waals surface area contributed by atoms with Crippen LogP contribution in [0.25, 0.3) is 0 Å². The quantitative estimate of drug-likeness (QED) is 0.359. The number of esters is 2. The van der Waals surface area contributed by atoms with Gasteiger partial charge in [0.2, 0.25) is 0 Å². The van der Waals surface area contributed by atoms with Crippen molar-refractivity contribution in [2.24, 2.45) is 5.29 Å². The minimum atomic E-state index is -6.27. The summed E-state index contributed by atoms with van der Waals surface area (Å²) >= 11 is 0. The summed E-state index contributed by atoms with van der Waals surface area (Å²) in [6.45, 7) is 2.17. The summed E-state index contributed by atoms with van der Waals surface area (Å²) in [5.74, 6) is -2.74. The van der Waals surface area contributed by atoms with Gasteiger partial charge in [-0.05, 0) is 13.8 Å². The summed E-state index contributed by atoms with van der Waals surface area (Å²) in [5, 5.41) is 1.71. The highest BCUT2D eigenvalue weighted by Gasteiger charge is 2.55. The third-order valence-corrected chi connectivity index (χ3v) is 3.51. The number of carbonyl (C=O) groups is 2. The number of hydrogen-bond acceptors (Lipinski definition) is 8. The van der Waals surface area contributed by atoms with E-state index in [1.807, 2.05) is 0 Å². The van der Waals surface area contributed by atoms with Crippen molar-refractivity contribution < 1.29 is 40.7 Å². The van der Waals surface area contributed by atoms with Gasteiger partial charge in [0.05, 0.1) is 24.9 Å². The lowest BCUT2D eigenvalue weighted by atomic mass is 10.2. The smallest absolute Gasteiger partial charge is 0.466 e. The second-order valence-electron chi connectivity index (χ2n) is 3.58. The van der Waals surface area contributed by atoms with E-state index in [1.165, 1.54) is 13.8 Å². The molecule has 0 heterocycles. The molecule has 0 aliphatic heterocycles. The molecule has 0 fully saturated rings. The standard InChI is InChI=1S/C9H13F3N2O7S/c1-3-20-7(15)5-6(8(16)21-4-2)14(13-17)22(18,19)9(10,11)12/h6H,3-5H2,1-2H3/t6-/m1/s1. The Morgan fingerprint density at radius 3 is 2.05 bits per heavy atom. The molecule has 22 heavy (non-hydrogen) atoms. The number of carbonyl (C=O) groups excluding carboxylic acids is 2. The van der Waals surface area contributed by atoms with Crippen molar-refractivity contribution in [1.29, 1.82) is 0 Å². The normalized spacial score (nSPS) is 13.1. The van der Waals surface area contributed by atoms with Crippen molar-refractivity contribution in [3.8, 4) is 0 Å². The number of nitroso groups, excluding NO2 is 1. The molecule has 0 unspecified atom stereocenters. The van der Waals surface area contributed by atoms with Crippen molar-refractivity contribution >= 4 is 22.0 Å². The van der Waals surface area contributed by atoms with Gasteiger partial charge in [-0.25, -0.2) is 4.79 Å². The van der Waals surface area contributed by atoms with Crippen LogP contribution >= 0.6 is 0 Å². The molecule has 0 amide bonds. The molecule has 1 atom stereocenters. The summed E-state index contributed by atoms with van der Waals surface area (Å²) in [6, 6.07) is -2.41. The molecular formula is C9H13F3N2O7S. The van der Waals surface area contributed by atoms with E-state index >= 15 is 0 Å². The van der Waals surface area contributed by atoms with Crippen LogP contribution in [0.4, 0.5) is 13.2 Å². The number of rotatable bonds is 8. The van der Waals surface area contributed by atoms with Crippen LogP contribution in [0, 0.1) is 4.91 Å². The first-order valence-electron chi connectivity index (χ1n) is 5.79. The van der Waals surface area contributed by atoms with Gasteiger partial charge in [0.15, 0.2) is 6.04 Å². The first kappa shape index (κ1) is 20.1. The molecule has 0 saturated heterocycles. The lowest BCUT2D eigenvalue weighted by molar-refractivity contribution is -0.154. The number of sulfonamides is 1. The van der Waals surface area contributed by atoms with Crippen LogP contribution in [0.15, 0.2) is 5.29 Å². The van der Waals surface area contributed by atoms with Gasteiger partial charge >= 0.3 is 27.5 Å². The van der Waals surface area contributed by atoms with Gasteiger partial charge in [-0.2, -0.15) is 21.6 Å². The van der Waals surface area contributed by atoms with E-state index in [0.717, 1.165) is 0 Å². The highest BCUT2D eigenvalue weighted by molar-refractivity contribution is 7.90. The summed E-state index contributed by atoms with van der Waals surface area (Å²) < 4.78 is 67.6. The van der Waals surface area contributed by atoms with Crippen molar-refractivity contribution in [2.45, 2.75) is 31.8 Å². The first-order chi connectivity index (χ1) is 10.0. The maximum Gasteiger partial charge on any atom is 0.518 e. The van der Waals surface area contributed by atoms with Crippen molar-refractivity contribution in [3.05, 3.63) is 4.91 Å². The molecule has 0 aromatic carbocycles. The Bertz CT molecular complexity index is 520. The Hall–Kier alpha value is -1.92. The Balaban J connectivity index is 5.67. The van der Waals surface area contributed by atoms with E-state index in [9.17, 15) is 36.1 Å². The molecule has 13 heteroatoms. The van der Waals surface area contributed by atoms with E-state index in [4.69, 9.17) is 0 Å². The first-order valence-corrected chi connectivity index (χ1v) is 7.23. The molecule has 0 aliphatic rings. The molecule has 9 nitrogen and oxygen atoms in total. The van der Waals surface area contributed by atoms with Gasteiger partial charge in [0.1, 0.15) is 0 Å². The molecule has 0 aliphatic carbocycles. The molecule has 0 N–H and O–H groups in total. The monoisotopic (exact) mass is 350 g/mol. The van der Waals surface area contributed by atoms with Gasteiger partial charge in [-0.3, -0.25) is 4.79 Å². The van der Waals surface area contributed by atoms with Crippen molar-refractivity contribution in [2.75, 3.05) is 13.2 Å². The van der Waals surface area contributed by atoms with Gasteiger partial charge in [-0.1, -0.05) is 0 Å². The minimum Gasteiger partial charge on any atom is -0.466 e. The van der Waals surface area contributed by atoms with Crippen LogP contribution in [0.2, 0.25) is 0 Å². The van der Waals surface area contributed by atoms with Gasteiger partial charge in [0, 0.05) is 0 Å². The lowest BCUT2D eigenvalue weighted by Gasteiger charge is -2.24. The Morgan fingerprint density at radius 2 is 1.68 bits per heavy atom. The van der Waals surface area contributed by atoms with E-state index in [1.54, 1.807) is 5.29 Å². The number of alkyl halides is 3. The zero-order valence-electron chi connectivity index (χ0n) is 11.5. The summed E-state index contributed by atoms with van der Waals surface area (Å²) in [7, 11) is -6.27. The molecule has 0 aromatic heterocycles. The number of nitrogens with zero attached hydrogens (tertiary/aromatic N) is 2. The maximum atomic E-state index is 12.5. The molecule has 0 rings (SSSR count). The summed E-state index contributed by atoms with van der Waals surface area (Å²) in [4.78, 5) is 33.4. The van der Waals surface area contributed by atoms with Crippen LogP contribution in [-0.4, -0.2) is 49.5 Å². The fourth-order valence-corrected chi connectivity index (χ4v) is 2.04. The third kappa shape index (κ3) is 4.82. The zero-order chi connectivity index (χ0) is 17.6. The van der Waals surface area contributed by atoms with Gasteiger partial charge in [0.25, 0.3) is 0 Å². The van der Waals surface area contributed by atoms with E-state index in [-0.39, 0.29) is 13.2 Å². The number of halogens is 3. The van der Waals surface area contributed by atoms with Crippen LogP contribution in [0.3, 0.4) is 0 Å². The third-order valence-electron chi connectivity index (χ3n) is 2.11. The van der Waals surface area contributed by atoms with Gasteiger partial charge in [-0.15, -0.1) is 9.32 Å². The lowest BCUT2D eigenvalue weighted by Crippen LogP contribution is -2.48. The Kier molecular flexibility index (Phi) is 7.22. The fourth-order valence-electron chi connectivity index (χ4n) is 1.24. The molecule has 0 spiro atoms.